The van der Waals surface area contributed by atoms with Crippen LogP contribution in [0, 0.1) is 34.5 Å². The van der Waals surface area contributed by atoms with Crippen LogP contribution in [0.25, 0.3) is 0 Å². The summed E-state index contributed by atoms with van der Waals surface area (Å²) in [6, 6.07) is 0. The van der Waals surface area contributed by atoms with Crippen molar-refractivity contribution in [3.05, 3.63) is 0 Å². The first-order chi connectivity index (χ1) is 17.2. The summed E-state index contributed by atoms with van der Waals surface area (Å²) in [5.74, 6) is 3.29. The Kier molecular flexibility index (Phi) is 8.95. The van der Waals surface area contributed by atoms with Gasteiger partial charge in [-0.3, -0.25) is 9.59 Å². The van der Waals surface area contributed by atoms with Crippen molar-refractivity contribution < 1.29 is 14.7 Å². The van der Waals surface area contributed by atoms with Crippen molar-refractivity contribution in [2.45, 2.75) is 142 Å². The van der Waals surface area contributed by atoms with Crippen molar-refractivity contribution in [2.75, 3.05) is 13.1 Å². The number of ketones is 1. The van der Waals surface area contributed by atoms with Crippen LogP contribution in [0.2, 0.25) is 0 Å². The number of carbonyl (C=O) groups excluding carboxylic acids is 2. The summed E-state index contributed by atoms with van der Waals surface area (Å²) >= 11 is 0. The molecule has 0 saturated heterocycles. The Hall–Kier alpha value is -0.900. The smallest absolute Gasteiger partial charge is 0.222 e. The highest BCUT2D eigenvalue weighted by Gasteiger charge is 2.61. The molecule has 0 spiro atoms. The standard InChI is InChI=1S/C32H55NO3/c1-5-7-8-9-10-11-12-29(35)33(21-6-2)23-32(36)20-19-30(3)24(22-32)13-14-25-26-15-16-28(34)31(26,4)18-17-27(25)30/h24-27,36H,5-23H2,1-4H3/t24-,25-,26-,27-,30-,31-,32+/m0/s1. The topological polar surface area (TPSA) is 57.6 Å². The monoisotopic (exact) mass is 501 g/mol. The van der Waals surface area contributed by atoms with Crippen LogP contribution in [-0.4, -0.2) is 40.4 Å². The van der Waals surface area contributed by atoms with Crippen LogP contribution in [0.5, 0.6) is 0 Å². The minimum atomic E-state index is -0.741. The van der Waals surface area contributed by atoms with Crippen LogP contribution >= 0.6 is 0 Å². The first kappa shape index (κ1) is 28.1. The number of hydrogen-bond acceptors (Lipinski definition) is 3. The van der Waals surface area contributed by atoms with E-state index in [4.69, 9.17) is 0 Å². The molecule has 1 N–H and O–H groups in total. The van der Waals surface area contributed by atoms with Gasteiger partial charge in [-0.1, -0.05) is 59.8 Å². The first-order valence-corrected chi connectivity index (χ1v) is 15.7. The summed E-state index contributed by atoms with van der Waals surface area (Å²) < 4.78 is 0. The van der Waals surface area contributed by atoms with E-state index < -0.39 is 5.60 Å². The van der Waals surface area contributed by atoms with Crippen LogP contribution in [0.1, 0.15) is 137 Å². The number of aliphatic hydroxyl groups is 1. The zero-order chi connectivity index (χ0) is 26.0. The zero-order valence-corrected chi connectivity index (χ0v) is 24.0. The minimum Gasteiger partial charge on any atom is -0.388 e. The number of nitrogens with zero attached hydrogens (tertiary/aromatic N) is 1. The predicted molar refractivity (Wildman–Crippen MR) is 147 cm³/mol. The molecule has 7 atom stereocenters. The Morgan fingerprint density at radius 3 is 2.42 bits per heavy atom. The van der Waals surface area contributed by atoms with Gasteiger partial charge in [-0.15, -0.1) is 0 Å². The molecular formula is C32H55NO3. The second-order valence-corrected chi connectivity index (χ2v) is 13.8. The number of carbonyl (C=O) groups is 2. The van der Waals surface area contributed by atoms with Crippen molar-refractivity contribution in [3.8, 4) is 0 Å². The molecule has 4 heteroatoms. The van der Waals surface area contributed by atoms with Crippen LogP contribution < -0.4 is 0 Å². The van der Waals surface area contributed by atoms with Gasteiger partial charge in [0.2, 0.25) is 5.91 Å². The molecule has 0 bridgehead atoms. The summed E-state index contributed by atoms with van der Waals surface area (Å²) in [6.45, 7) is 10.4. The van der Waals surface area contributed by atoms with E-state index in [9.17, 15) is 14.7 Å². The minimum absolute atomic E-state index is 0.0587. The maximum atomic E-state index is 13.1. The van der Waals surface area contributed by atoms with Crippen molar-refractivity contribution >= 4 is 11.7 Å². The van der Waals surface area contributed by atoms with E-state index in [1.54, 1.807) is 0 Å². The molecule has 0 heterocycles. The molecule has 4 aliphatic carbocycles. The molecule has 4 nitrogen and oxygen atoms in total. The number of fused-ring (bicyclic) bond motifs is 5. The van der Waals surface area contributed by atoms with Crippen molar-refractivity contribution in [1.82, 2.24) is 4.90 Å². The van der Waals surface area contributed by atoms with Crippen molar-refractivity contribution in [2.24, 2.45) is 34.5 Å². The maximum absolute atomic E-state index is 13.1. The fourth-order valence-corrected chi connectivity index (χ4v) is 9.37. The fourth-order valence-electron chi connectivity index (χ4n) is 9.37. The molecule has 0 aromatic rings. The molecule has 0 unspecified atom stereocenters. The number of Topliss-reactive ketones (excluding diaryl/α,β-unsaturated/α-hetero) is 1. The number of amides is 1. The molecule has 4 saturated carbocycles. The van der Waals surface area contributed by atoms with Gasteiger partial charge in [-0.2, -0.15) is 0 Å². The van der Waals surface area contributed by atoms with E-state index in [0.717, 1.165) is 64.3 Å². The lowest BCUT2D eigenvalue weighted by Gasteiger charge is -2.61. The summed E-state index contributed by atoms with van der Waals surface area (Å²) in [5.41, 5.74) is -0.521. The highest BCUT2D eigenvalue weighted by Crippen LogP contribution is 2.66. The van der Waals surface area contributed by atoms with Gasteiger partial charge in [-0.25, -0.2) is 0 Å². The van der Waals surface area contributed by atoms with E-state index in [1.165, 1.54) is 44.9 Å². The molecule has 4 fully saturated rings. The van der Waals surface area contributed by atoms with E-state index in [1.807, 2.05) is 4.90 Å². The Balaban J connectivity index is 1.36. The second kappa shape index (κ2) is 11.5. The molecule has 206 valence electrons. The first-order valence-electron chi connectivity index (χ1n) is 15.7. The van der Waals surface area contributed by atoms with E-state index in [-0.39, 0.29) is 16.7 Å². The SMILES string of the molecule is CCCCCCCCC(=O)N(CCC)C[C@@]1(O)CC[C@@]2(C)[C@@H](CC[C@@H]3[C@@H]2CC[C@]2(C)C(=O)CC[C@@H]32)C1. The molecule has 0 aromatic heterocycles. The van der Waals surface area contributed by atoms with Crippen LogP contribution in [0.3, 0.4) is 0 Å². The second-order valence-electron chi connectivity index (χ2n) is 13.8. The van der Waals surface area contributed by atoms with Gasteiger partial charge in [0.25, 0.3) is 0 Å². The lowest BCUT2D eigenvalue weighted by atomic mass is 9.44. The van der Waals surface area contributed by atoms with Crippen LogP contribution in [0.15, 0.2) is 0 Å². The Morgan fingerprint density at radius 1 is 0.917 bits per heavy atom. The summed E-state index contributed by atoms with van der Waals surface area (Å²) in [5, 5.41) is 11.8. The van der Waals surface area contributed by atoms with Crippen LogP contribution in [0.4, 0.5) is 0 Å². The highest BCUT2D eigenvalue weighted by atomic mass is 16.3. The van der Waals surface area contributed by atoms with Gasteiger partial charge < -0.3 is 10.0 Å². The molecular weight excluding hydrogens is 446 g/mol. The maximum Gasteiger partial charge on any atom is 0.222 e. The van der Waals surface area contributed by atoms with E-state index >= 15 is 0 Å². The predicted octanol–water partition coefficient (Wildman–Crippen LogP) is 7.32. The third-order valence-electron chi connectivity index (χ3n) is 11.6. The highest BCUT2D eigenvalue weighted by molar-refractivity contribution is 5.87. The van der Waals surface area contributed by atoms with Crippen molar-refractivity contribution in [1.29, 1.82) is 0 Å². The Bertz CT molecular complexity index is 781. The molecule has 0 aromatic carbocycles. The summed E-state index contributed by atoms with van der Waals surface area (Å²) in [6.07, 6.45) is 18.1. The third-order valence-corrected chi connectivity index (χ3v) is 11.6. The molecule has 36 heavy (non-hydrogen) atoms. The normalized spacial score (nSPS) is 39.9. The molecule has 0 radical (unpaired) electrons. The van der Waals surface area contributed by atoms with Gasteiger partial charge in [0, 0.05) is 31.3 Å². The number of rotatable bonds is 11. The largest absolute Gasteiger partial charge is 0.388 e. The third kappa shape index (κ3) is 5.45. The average Bonchev–Trinajstić information content (AvgIpc) is 3.16. The van der Waals surface area contributed by atoms with Gasteiger partial charge in [0.1, 0.15) is 5.78 Å². The molecule has 4 rings (SSSR count). The fraction of sp³-hybridized carbons (Fsp3) is 0.938. The lowest BCUT2D eigenvalue weighted by Crippen LogP contribution is -2.58. The number of hydrogen-bond donors (Lipinski definition) is 1. The Labute approximate surface area is 221 Å². The lowest BCUT2D eigenvalue weighted by molar-refractivity contribution is -0.161. The Morgan fingerprint density at radius 2 is 1.67 bits per heavy atom. The van der Waals surface area contributed by atoms with E-state index in [2.05, 4.69) is 27.7 Å². The summed E-state index contributed by atoms with van der Waals surface area (Å²) in [4.78, 5) is 27.8. The van der Waals surface area contributed by atoms with E-state index in [0.29, 0.717) is 42.4 Å². The van der Waals surface area contributed by atoms with Gasteiger partial charge in [0.05, 0.1) is 5.60 Å². The van der Waals surface area contributed by atoms with Gasteiger partial charge in [0.15, 0.2) is 0 Å². The molecule has 1 amide bonds. The van der Waals surface area contributed by atoms with Crippen LogP contribution in [-0.2, 0) is 9.59 Å². The van der Waals surface area contributed by atoms with Gasteiger partial charge in [-0.05, 0) is 93.3 Å². The number of unbranched alkanes of at least 4 members (excludes halogenated alkanes) is 5. The van der Waals surface area contributed by atoms with Gasteiger partial charge >= 0.3 is 0 Å². The average molecular weight is 502 g/mol. The molecule has 4 aliphatic rings. The quantitative estimate of drug-likeness (QED) is 0.302. The zero-order valence-electron chi connectivity index (χ0n) is 24.0. The molecule has 0 aliphatic heterocycles. The van der Waals surface area contributed by atoms with Crippen molar-refractivity contribution in [3.63, 3.8) is 0 Å². The summed E-state index contributed by atoms with van der Waals surface area (Å²) in [7, 11) is 0.